The van der Waals surface area contributed by atoms with Crippen molar-refractivity contribution in [2.75, 3.05) is 40.0 Å². The molecular weight excluding hydrogens is 304 g/mol. The molecular formula is C19H30N2O3. The zero-order valence-electron chi connectivity index (χ0n) is 14.9. The third-order valence-corrected chi connectivity index (χ3v) is 4.49. The van der Waals surface area contributed by atoms with Crippen molar-refractivity contribution < 1.29 is 14.3 Å². The Morgan fingerprint density at radius 3 is 2.58 bits per heavy atom. The van der Waals surface area contributed by atoms with Crippen LogP contribution in [0.1, 0.15) is 44.2 Å². The van der Waals surface area contributed by atoms with E-state index in [1.807, 2.05) is 12.1 Å². The first-order valence-electron chi connectivity index (χ1n) is 8.97. The molecule has 2 rings (SSSR count). The van der Waals surface area contributed by atoms with E-state index in [0.29, 0.717) is 13.0 Å². The highest BCUT2D eigenvalue weighted by atomic mass is 16.5. The van der Waals surface area contributed by atoms with E-state index in [9.17, 15) is 4.79 Å². The molecule has 0 radical (unpaired) electrons. The van der Waals surface area contributed by atoms with Crippen molar-refractivity contribution in [3.63, 3.8) is 0 Å². The molecule has 24 heavy (non-hydrogen) atoms. The first-order chi connectivity index (χ1) is 11.7. The molecule has 1 amide bonds. The van der Waals surface area contributed by atoms with Crippen LogP contribution in [-0.2, 0) is 9.53 Å². The van der Waals surface area contributed by atoms with Crippen LogP contribution in [0.5, 0.6) is 5.75 Å². The summed E-state index contributed by atoms with van der Waals surface area (Å²) in [5.41, 5.74) is 1.20. The topological polar surface area (TPSA) is 50.8 Å². The molecule has 1 fully saturated rings. The van der Waals surface area contributed by atoms with Gasteiger partial charge in [-0.05, 0) is 24.1 Å². The molecule has 1 aromatic rings. The fourth-order valence-electron chi connectivity index (χ4n) is 3.01. The summed E-state index contributed by atoms with van der Waals surface area (Å²) in [5, 5.41) is 3.11. The summed E-state index contributed by atoms with van der Waals surface area (Å²) < 4.78 is 10.7. The van der Waals surface area contributed by atoms with E-state index in [-0.39, 0.29) is 11.9 Å². The summed E-state index contributed by atoms with van der Waals surface area (Å²) in [5.74, 6) is 0.998. The maximum absolute atomic E-state index is 12.1. The Hall–Kier alpha value is -1.59. The van der Waals surface area contributed by atoms with Crippen molar-refractivity contribution >= 4 is 5.91 Å². The van der Waals surface area contributed by atoms with Crippen molar-refractivity contribution in [2.45, 2.75) is 38.6 Å². The van der Waals surface area contributed by atoms with Crippen LogP contribution in [0, 0.1) is 0 Å². The van der Waals surface area contributed by atoms with Crippen molar-refractivity contribution in [3.8, 4) is 5.75 Å². The van der Waals surface area contributed by atoms with Crippen LogP contribution in [0.15, 0.2) is 24.3 Å². The predicted molar refractivity (Wildman–Crippen MR) is 95.3 cm³/mol. The van der Waals surface area contributed by atoms with Gasteiger partial charge in [-0.1, -0.05) is 31.9 Å². The molecule has 1 N–H and O–H groups in total. The SMILES string of the molecule is CCCCCC(=O)NCC(c1ccc(OC)cc1)N1CCOCC1. The molecule has 1 heterocycles. The minimum absolute atomic E-state index is 0.148. The molecule has 1 aliphatic rings. The Kier molecular flexibility index (Phi) is 8.05. The number of methoxy groups -OCH3 is 1. The molecule has 1 atom stereocenters. The number of carbonyl (C=O) groups is 1. The zero-order valence-corrected chi connectivity index (χ0v) is 14.9. The average Bonchev–Trinajstić information content (AvgIpc) is 2.63. The summed E-state index contributed by atoms with van der Waals surface area (Å²) >= 11 is 0. The van der Waals surface area contributed by atoms with Crippen LogP contribution in [0.3, 0.4) is 0 Å². The Bertz CT molecular complexity index is 484. The molecule has 0 bridgehead atoms. The second-order valence-corrected chi connectivity index (χ2v) is 6.20. The van der Waals surface area contributed by atoms with Gasteiger partial charge in [0.2, 0.25) is 5.91 Å². The number of hydrogen-bond donors (Lipinski definition) is 1. The molecule has 1 aliphatic heterocycles. The number of benzene rings is 1. The van der Waals surface area contributed by atoms with Gasteiger partial charge in [0.1, 0.15) is 5.75 Å². The van der Waals surface area contributed by atoms with Gasteiger partial charge in [0.05, 0.1) is 26.4 Å². The lowest BCUT2D eigenvalue weighted by molar-refractivity contribution is -0.121. The molecule has 5 heteroatoms. The minimum atomic E-state index is 0.148. The van der Waals surface area contributed by atoms with E-state index < -0.39 is 0 Å². The smallest absolute Gasteiger partial charge is 0.220 e. The molecule has 0 spiro atoms. The predicted octanol–water partition coefficient (Wildman–Crippen LogP) is 2.77. The highest BCUT2D eigenvalue weighted by Crippen LogP contribution is 2.23. The lowest BCUT2D eigenvalue weighted by Crippen LogP contribution is -2.43. The van der Waals surface area contributed by atoms with Gasteiger partial charge < -0.3 is 14.8 Å². The molecule has 1 unspecified atom stereocenters. The van der Waals surface area contributed by atoms with E-state index in [4.69, 9.17) is 9.47 Å². The standard InChI is InChI=1S/C19H30N2O3/c1-3-4-5-6-19(22)20-15-18(21-11-13-24-14-12-21)16-7-9-17(23-2)10-8-16/h7-10,18H,3-6,11-15H2,1-2H3,(H,20,22). The van der Waals surface area contributed by atoms with Crippen LogP contribution >= 0.6 is 0 Å². The van der Waals surface area contributed by atoms with Crippen molar-refractivity contribution in [1.82, 2.24) is 10.2 Å². The molecule has 1 saturated heterocycles. The van der Waals surface area contributed by atoms with E-state index >= 15 is 0 Å². The van der Waals surface area contributed by atoms with Gasteiger partial charge in [-0.25, -0.2) is 0 Å². The average molecular weight is 334 g/mol. The number of ether oxygens (including phenoxy) is 2. The van der Waals surface area contributed by atoms with Gasteiger partial charge in [-0.2, -0.15) is 0 Å². The van der Waals surface area contributed by atoms with Crippen LogP contribution in [-0.4, -0.2) is 50.8 Å². The highest BCUT2D eigenvalue weighted by molar-refractivity contribution is 5.75. The van der Waals surface area contributed by atoms with Gasteiger partial charge in [-0.15, -0.1) is 0 Å². The lowest BCUT2D eigenvalue weighted by Gasteiger charge is -2.35. The number of hydrogen-bond acceptors (Lipinski definition) is 4. The quantitative estimate of drug-likeness (QED) is 0.706. The fraction of sp³-hybridized carbons (Fsp3) is 0.632. The van der Waals surface area contributed by atoms with E-state index in [2.05, 4.69) is 29.3 Å². The zero-order chi connectivity index (χ0) is 17.2. The fourth-order valence-corrected chi connectivity index (χ4v) is 3.01. The van der Waals surface area contributed by atoms with Crippen LogP contribution in [0.25, 0.3) is 0 Å². The first kappa shape index (κ1) is 18.7. The number of morpholine rings is 1. The van der Waals surface area contributed by atoms with Crippen LogP contribution < -0.4 is 10.1 Å². The second-order valence-electron chi connectivity index (χ2n) is 6.20. The van der Waals surface area contributed by atoms with Crippen molar-refractivity contribution in [3.05, 3.63) is 29.8 Å². The molecule has 0 aliphatic carbocycles. The van der Waals surface area contributed by atoms with Crippen LogP contribution in [0.2, 0.25) is 0 Å². The number of nitrogens with one attached hydrogen (secondary N) is 1. The Labute approximate surface area is 145 Å². The summed E-state index contributed by atoms with van der Waals surface area (Å²) in [6, 6.07) is 8.30. The maximum Gasteiger partial charge on any atom is 0.220 e. The lowest BCUT2D eigenvalue weighted by atomic mass is 10.0. The van der Waals surface area contributed by atoms with Gasteiger partial charge in [0.25, 0.3) is 0 Å². The molecule has 134 valence electrons. The van der Waals surface area contributed by atoms with E-state index in [0.717, 1.165) is 51.3 Å². The Morgan fingerprint density at radius 1 is 1.25 bits per heavy atom. The number of carbonyl (C=O) groups excluding carboxylic acids is 1. The largest absolute Gasteiger partial charge is 0.497 e. The number of amides is 1. The molecule has 0 saturated carbocycles. The highest BCUT2D eigenvalue weighted by Gasteiger charge is 2.23. The van der Waals surface area contributed by atoms with Gasteiger partial charge in [-0.3, -0.25) is 9.69 Å². The van der Waals surface area contributed by atoms with Crippen molar-refractivity contribution in [2.24, 2.45) is 0 Å². The second kappa shape index (κ2) is 10.3. The van der Waals surface area contributed by atoms with Crippen LogP contribution in [0.4, 0.5) is 0 Å². The maximum atomic E-state index is 12.1. The van der Waals surface area contributed by atoms with Gasteiger partial charge >= 0.3 is 0 Å². The summed E-state index contributed by atoms with van der Waals surface area (Å²) in [6.45, 7) is 6.06. The normalized spacial score (nSPS) is 16.6. The third-order valence-electron chi connectivity index (χ3n) is 4.49. The van der Waals surface area contributed by atoms with Gasteiger partial charge in [0.15, 0.2) is 0 Å². The number of unbranched alkanes of at least 4 members (excludes halogenated alkanes) is 2. The Morgan fingerprint density at radius 2 is 1.96 bits per heavy atom. The molecule has 0 aromatic heterocycles. The molecule has 1 aromatic carbocycles. The first-order valence-corrected chi connectivity index (χ1v) is 8.97. The summed E-state index contributed by atoms with van der Waals surface area (Å²) in [7, 11) is 1.67. The number of rotatable bonds is 9. The Balaban J connectivity index is 1.98. The monoisotopic (exact) mass is 334 g/mol. The summed E-state index contributed by atoms with van der Waals surface area (Å²) in [4.78, 5) is 14.4. The third kappa shape index (κ3) is 5.80. The van der Waals surface area contributed by atoms with Crippen molar-refractivity contribution in [1.29, 1.82) is 0 Å². The van der Waals surface area contributed by atoms with E-state index in [1.54, 1.807) is 7.11 Å². The van der Waals surface area contributed by atoms with E-state index in [1.165, 1.54) is 5.56 Å². The van der Waals surface area contributed by atoms with Gasteiger partial charge in [0, 0.05) is 26.1 Å². The summed E-state index contributed by atoms with van der Waals surface area (Å²) in [6.07, 6.45) is 3.83. The number of nitrogens with zero attached hydrogens (tertiary/aromatic N) is 1. The molecule has 5 nitrogen and oxygen atoms in total. The minimum Gasteiger partial charge on any atom is -0.497 e.